The number of aryl methyl sites for hydroxylation is 1. The van der Waals surface area contributed by atoms with Gasteiger partial charge in [0.25, 0.3) is 0 Å². The highest BCUT2D eigenvalue weighted by Crippen LogP contribution is 2.30. The van der Waals surface area contributed by atoms with E-state index in [9.17, 15) is 4.79 Å². The summed E-state index contributed by atoms with van der Waals surface area (Å²) >= 11 is 0. The second-order valence-electron chi connectivity index (χ2n) is 10.2. The van der Waals surface area contributed by atoms with Crippen LogP contribution in [0.5, 0.6) is 0 Å². The van der Waals surface area contributed by atoms with E-state index >= 15 is 0 Å². The van der Waals surface area contributed by atoms with Gasteiger partial charge >= 0.3 is 6.03 Å². The Bertz CT molecular complexity index is 944. The zero-order valence-corrected chi connectivity index (χ0v) is 22.2. The first-order chi connectivity index (χ1) is 17.0. The SMILES string of the molecule is CCC(C)N(Cc1c(C)nn(-c2ccccc2)c1N1CCN(CC)CC1)C(=O)NC1CCCCC1. The maximum atomic E-state index is 13.5. The minimum Gasteiger partial charge on any atom is -0.354 e. The van der Waals surface area contributed by atoms with Gasteiger partial charge in [0, 0.05) is 43.8 Å². The molecule has 1 saturated carbocycles. The topological polar surface area (TPSA) is 56.6 Å². The molecule has 2 heterocycles. The minimum absolute atomic E-state index is 0.0693. The number of nitrogens with zero attached hydrogens (tertiary/aromatic N) is 5. The van der Waals surface area contributed by atoms with Crippen molar-refractivity contribution in [3.63, 3.8) is 0 Å². The minimum atomic E-state index is 0.0693. The van der Waals surface area contributed by atoms with Crippen LogP contribution in [0.1, 0.15) is 70.6 Å². The summed E-state index contributed by atoms with van der Waals surface area (Å²) in [7, 11) is 0. The Kier molecular flexibility index (Phi) is 8.71. The van der Waals surface area contributed by atoms with Crippen molar-refractivity contribution in [2.24, 2.45) is 0 Å². The van der Waals surface area contributed by atoms with Crippen LogP contribution in [-0.2, 0) is 6.54 Å². The molecule has 4 rings (SSSR count). The molecule has 35 heavy (non-hydrogen) atoms. The predicted molar refractivity (Wildman–Crippen MR) is 143 cm³/mol. The monoisotopic (exact) mass is 480 g/mol. The average Bonchev–Trinajstić information content (AvgIpc) is 3.23. The van der Waals surface area contributed by atoms with E-state index in [1.54, 1.807) is 0 Å². The molecule has 0 spiro atoms. The number of hydrogen-bond donors (Lipinski definition) is 1. The lowest BCUT2D eigenvalue weighted by molar-refractivity contribution is 0.166. The zero-order valence-electron chi connectivity index (χ0n) is 22.2. The summed E-state index contributed by atoms with van der Waals surface area (Å²) in [6.45, 7) is 14.3. The fraction of sp³-hybridized carbons (Fsp3) is 0.643. The van der Waals surface area contributed by atoms with Crippen LogP contribution in [0.3, 0.4) is 0 Å². The smallest absolute Gasteiger partial charge is 0.318 e. The number of amides is 2. The highest BCUT2D eigenvalue weighted by molar-refractivity contribution is 5.75. The third kappa shape index (κ3) is 6.00. The molecule has 0 bridgehead atoms. The lowest BCUT2D eigenvalue weighted by Gasteiger charge is -2.37. The first kappa shape index (κ1) is 25.5. The molecule has 7 nitrogen and oxygen atoms in total. The van der Waals surface area contributed by atoms with Gasteiger partial charge in [-0.05, 0) is 51.8 Å². The molecular weight excluding hydrogens is 436 g/mol. The average molecular weight is 481 g/mol. The molecule has 2 fully saturated rings. The molecular formula is C28H44N6O. The van der Waals surface area contributed by atoms with E-state index in [4.69, 9.17) is 5.10 Å². The van der Waals surface area contributed by atoms with Gasteiger partial charge in [-0.2, -0.15) is 5.10 Å². The third-order valence-corrected chi connectivity index (χ3v) is 7.92. The number of likely N-dealkylation sites (N-methyl/N-ethyl adjacent to an activating group) is 1. The van der Waals surface area contributed by atoms with Crippen molar-refractivity contribution in [1.82, 2.24) is 24.9 Å². The zero-order chi connectivity index (χ0) is 24.8. The highest BCUT2D eigenvalue weighted by atomic mass is 16.2. The summed E-state index contributed by atoms with van der Waals surface area (Å²) in [4.78, 5) is 20.6. The maximum Gasteiger partial charge on any atom is 0.318 e. The van der Waals surface area contributed by atoms with Crippen molar-refractivity contribution in [3.8, 4) is 5.69 Å². The van der Waals surface area contributed by atoms with E-state index < -0.39 is 0 Å². The highest BCUT2D eigenvalue weighted by Gasteiger charge is 2.29. The van der Waals surface area contributed by atoms with Crippen molar-refractivity contribution >= 4 is 11.8 Å². The number of nitrogens with one attached hydrogen (secondary N) is 1. The summed E-state index contributed by atoms with van der Waals surface area (Å²) in [6, 6.07) is 10.9. The van der Waals surface area contributed by atoms with Crippen molar-refractivity contribution in [2.45, 2.75) is 84.8 Å². The normalized spacial score (nSPS) is 18.5. The molecule has 192 valence electrons. The summed E-state index contributed by atoms with van der Waals surface area (Å²) in [5, 5.41) is 8.38. The van der Waals surface area contributed by atoms with E-state index in [2.05, 4.69) is 71.8 Å². The van der Waals surface area contributed by atoms with Crippen molar-refractivity contribution in [2.75, 3.05) is 37.6 Å². The van der Waals surface area contributed by atoms with Gasteiger partial charge in [0.1, 0.15) is 5.82 Å². The van der Waals surface area contributed by atoms with Crippen LogP contribution < -0.4 is 10.2 Å². The number of benzene rings is 1. The van der Waals surface area contributed by atoms with Crippen LogP contribution in [0.2, 0.25) is 0 Å². The number of anilines is 1. The molecule has 7 heteroatoms. The molecule has 1 atom stereocenters. The lowest BCUT2D eigenvalue weighted by Crippen LogP contribution is -2.49. The molecule has 1 aromatic heterocycles. The molecule has 1 aromatic carbocycles. The first-order valence-electron chi connectivity index (χ1n) is 13.7. The van der Waals surface area contributed by atoms with Crippen molar-refractivity contribution in [1.29, 1.82) is 0 Å². The van der Waals surface area contributed by atoms with Crippen LogP contribution in [0, 0.1) is 6.92 Å². The van der Waals surface area contributed by atoms with E-state index in [-0.39, 0.29) is 12.1 Å². The summed E-state index contributed by atoms with van der Waals surface area (Å²) < 4.78 is 2.10. The number of aromatic nitrogens is 2. The van der Waals surface area contributed by atoms with Crippen LogP contribution in [-0.4, -0.2) is 70.4 Å². The lowest BCUT2D eigenvalue weighted by atomic mass is 9.96. The van der Waals surface area contributed by atoms with Gasteiger partial charge in [-0.15, -0.1) is 0 Å². The largest absolute Gasteiger partial charge is 0.354 e. The Morgan fingerprint density at radius 2 is 1.77 bits per heavy atom. The molecule has 1 saturated heterocycles. The Hall–Kier alpha value is -2.54. The van der Waals surface area contributed by atoms with Crippen LogP contribution >= 0.6 is 0 Å². The Morgan fingerprint density at radius 3 is 2.40 bits per heavy atom. The molecule has 2 aliphatic rings. The number of para-hydroxylation sites is 1. The summed E-state index contributed by atoms with van der Waals surface area (Å²) in [5.74, 6) is 1.14. The van der Waals surface area contributed by atoms with Crippen LogP contribution in [0.15, 0.2) is 30.3 Å². The summed E-state index contributed by atoms with van der Waals surface area (Å²) in [6.07, 6.45) is 6.83. The quantitative estimate of drug-likeness (QED) is 0.580. The Morgan fingerprint density at radius 1 is 1.09 bits per heavy atom. The number of hydrogen-bond acceptors (Lipinski definition) is 4. The summed E-state index contributed by atoms with van der Waals surface area (Å²) in [5.41, 5.74) is 3.23. The first-order valence-corrected chi connectivity index (χ1v) is 13.7. The Labute approximate surface area is 211 Å². The van der Waals surface area contributed by atoms with Crippen molar-refractivity contribution < 1.29 is 4.79 Å². The van der Waals surface area contributed by atoms with Crippen molar-refractivity contribution in [3.05, 3.63) is 41.6 Å². The molecule has 2 amide bonds. The molecule has 1 aliphatic carbocycles. The molecule has 2 aromatic rings. The van der Waals surface area contributed by atoms with Crippen LogP contribution in [0.4, 0.5) is 10.6 Å². The van der Waals surface area contributed by atoms with Crippen LogP contribution in [0.25, 0.3) is 5.69 Å². The molecule has 1 N–H and O–H groups in total. The van der Waals surface area contributed by atoms with Gasteiger partial charge in [0.15, 0.2) is 0 Å². The van der Waals surface area contributed by atoms with Gasteiger partial charge in [0.05, 0.1) is 17.9 Å². The molecule has 1 aliphatic heterocycles. The predicted octanol–water partition coefficient (Wildman–Crippen LogP) is 4.97. The maximum absolute atomic E-state index is 13.5. The fourth-order valence-electron chi connectivity index (χ4n) is 5.41. The number of carbonyl (C=O) groups is 1. The van der Waals surface area contributed by atoms with Gasteiger partial charge < -0.3 is 20.0 Å². The van der Waals surface area contributed by atoms with E-state index in [1.165, 1.54) is 19.3 Å². The van der Waals surface area contributed by atoms with E-state index in [1.807, 2.05) is 11.0 Å². The standard InChI is InChI=1S/C28H44N6O/c1-5-22(3)33(28(35)29-24-13-9-7-10-14-24)21-26-23(4)30-34(25-15-11-8-12-16-25)27(26)32-19-17-31(6-2)18-20-32/h8,11-12,15-16,22,24H,5-7,9-10,13-14,17-21H2,1-4H3,(H,29,35). The van der Waals surface area contributed by atoms with E-state index in [0.29, 0.717) is 12.6 Å². The van der Waals surface area contributed by atoms with Gasteiger partial charge in [-0.3, -0.25) is 0 Å². The second kappa shape index (κ2) is 11.9. The number of piperazine rings is 1. The third-order valence-electron chi connectivity index (χ3n) is 7.92. The second-order valence-corrected chi connectivity index (χ2v) is 10.2. The van der Waals surface area contributed by atoms with Gasteiger partial charge in [0.2, 0.25) is 0 Å². The van der Waals surface area contributed by atoms with Gasteiger partial charge in [-0.25, -0.2) is 9.48 Å². The number of rotatable bonds is 8. The number of carbonyl (C=O) groups excluding carboxylic acids is 1. The van der Waals surface area contributed by atoms with E-state index in [0.717, 1.165) is 74.7 Å². The Balaban J connectivity index is 1.66. The molecule has 1 unspecified atom stereocenters. The number of urea groups is 1. The fourth-order valence-corrected chi connectivity index (χ4v) is 5.41. The van der Waals surface area contributed by atoms with Gasteiger partial charge in [-0.1, -0.05) is 51.3 Å². The molecule has 0 radical (unpaired) electrons.